The second kappa shape index (κ2) is 18.6. The molecule has 2 aromatic carbocycles. The highest BCUT2D eigenvalue weighted by molar-refractivity contribution is 5.83. The highest BCUT2D eigenvalue weighted by atomic mass is 16.3. The van der Waals surface area contributed by atoms with E-state index in [0.29, 0.717) is 43.5 Å². The van der Waals surface area contributed by atoms with E-state index >= 15 is 0 Å². The minimum atomic E-state index is -0.176. The molecule has 0 radical (unpaired) electrons. The fraction of sp³-hybridized carbons (Fsp3) is 0.674. The van der Waals surface area contributed by atoms with E-state index in [1.165, 1.54) is 69.8 Å². The minimum Gasteiger partial charge on any atom is -0.508 e. The number of rotatable bonds is 10. The van der Waals surface area contributed by atoms with Gasteiger partial charge in [-0.2, -0.15) is 0 Å². The first-order chi connectivity index (χ1) is 24.5. The number of nitrogens with one attached hydrogen (secondary N) is 3. The molecule has 0 unspecified atom stereocenters. The fourth-order valence-corrected chi connectivity index (χ4v) is 8.80. The largest absolute Gasteiger partial charge is 0.508 e. The lowest BCUT2D eigenvalue weighted by atomic mass is 9.82. The molecule has 2 heterocycles. The summed E-state index contributed by atoms with van der Waals surface area (Å²) in [5, 5.41) is 29.3. The number of carbonyl (C=O) groups is 2. The molecule has 2 aliphatic heterocycles. The third kappa shape index (κ3) is 11.2. The molecule has 4 atom stereocenters. The molecule has 2 aliphatic carbocycles. The van der Waals surface area contributed by atoms with E-state index in [1.807, 2.05) is 25.2 Å². The fourth-order valence-electron chi connectivity index (χ4n) is 8.80. The monoisotopic (exact) mass is 703 g/mol. The molecule has 282 valence electrons. The van der Waals surface area contributed by atoms with Crippen molar-refractivity contribution in [3.63, 3.8) is 0 Å². The molecule has 2 amide bonds. The summed E-state index contributed by atoms with van der Waals surface area (Å²) in [5.74, 6) is 3.31. The van der Waals surface area contributed by atoms with E-state index in [9.17, 15) is 19.8 Å². The van der Waals surface area contributed by atoms with E-state index in [2.05, 4.69) is 48.5 Å². The van der Waals surface area contributed by atoms with Crippen molar-refractivity contribution in [3.8, 4) is 11.5 Å². The molecule has 6 rings (SSSR count). The van der Waals surface area contributed by atoms with E-state index in [4.69, 9.17) is 0 Å². The summed E-state index contributed by atoms with van der Waals surface area (Å²) in [5.41, 5.74) is 4.55. The van der Waals surface area contributed by atoms with Gasteiger partial charge in [0, 0.05) is 25.2 Å². The van der Waals surface area contributed by atoms with Gasteiger partial charge in [0.15, 0.2) is 0 Å². The first kappa shape index (κ1) is 39.1. The van der Waals surface area contributed by atoms with Crippen LogP contribution in [-0.4, -0.2) is 58.1 Å². The van der Waals surface area contributed by atoms with Crippen LogP contribution in [0.25, 0.3) is 0 Å². The van der Waals surface area contributed by atoms with Crippen LogP contribution in [0.3, 0.4) is 0 Å². The molecule has 0 saturated heterocycles. The van der Waals surface area contributed by atoms with Gasteiger partial charge in [-0.1, -0.05) is 104 Å². The second-order valence-electron chi connectivity index (χ2n) is 16.9. The Morgan fingerprint density at radius 2 is 1.20 bits per heavy atom. The van der Waals surface area contributed by atoms with Gasteiger partial charge in [0.1, 0.15) is 11.5 Å². The van der Waals surface area contributed by atoms with Crippen LogP contribution in [0.1, 0.15) is 127 Å². The molecule has 8 nitrogen and oxygen atoms in total. The van der Waals surface area contributed by atoms with Gasteiger partial charge in [0.2, 0.25) is 11.8 Å². The van der Waals surface area contributed by atoms with Crippen molar-refractivity contribution < 1.29 is 19.8 Å². The number of carbonyl (C=O) groups excluding carboxylic acids is 2. The van der Waals surface area contributed by atoms with Crippen LogP contribution in [0.2, 0.25) is 0 Å². The number of phenolic OH excluding ortho intramolecular Hbond substituents is 2. The standard InChI is InChI=1S/C22H34N2O2.C21H32N2O2/c1-15(2)20(11-16-7-5-4-6-8-16)23-22(26)21-13-17-9-10-19(25)12-18(17)14-24(21)3;1-14(2)19(10-15-6-4-3-5-7-15)23-21(25)20-12-16-8-9-18(24)11-17(16)13-22-20/h9-10,12,15-16,20-21,25H,4-8,11,13-14H2,1-3H3,(H,23,26);8-9,11,14-15,19-20,22,24H,3-7,10,12-13H2,1-2H3,(H,23,25)/t20-,21-;19-,20-/m11/s1. The normalized spacial score (nSPS) is 22.6. The zero-order valence-corrected chi connectivity index (χ0v) is 32.1. The molecule has 2 fully saturated rings. The first-order valence-electron chi connectivity index (χ1n) is 20.1. The molecule has 5 N–H and O–H groups in total. The highest BCUT2D eigenvalue weighted by Gasteiger charge is 2.32. The van der Waals surface area contributed by atoms with Gasteiger partial charge in [-0.3, -0.25) is 14.5 Å². The summed E-state index contributed by atoms with van der Waals surface area (Å²) < 4.78 is 0. The smallest absolute Gasteiger partial charge is 0.237 e. The van der Waals surface area contributed by atoms with Crippen molar-refractivity contribution in [2.24, 2.45) is 23.7 Å². The third-order valence-corrected chi connectivity index (χ3v) is 12.2. The highest BCUT2D eigenvalue weighted by Crippen LogP contribution is 2.31. The van der Waals surface area contributed by atoms with Crippen LogP contribution in [-0.2, 0) is 35.5 Å². The van der Waals surface area contributed by atoms with Gasteiger partial charge < -0.3 is 26.2 Å². The molecule has 4 aliphatic rings. The van der Waals surface area contributed by atoms with Crippen molar-refractivity contribution in [3.05, 3.63) is 58.7 Å². The van der Waals surface area contributed by atoms with Crippen LogP contribution in [0, 0.1) is 23.7 Å². The van der Waals surface area contributed by atoms with Crippen molar-refractivity contribution in [1.82, 2.24) is 20.9 Å². The van der Waals surface area contributed by atoms with Crippen molar-refractivity contribution in [2.45, 2.75) is 155 Å². The van der Waals surface area contributed by atoms with E-state index < -0.39 is 0 Å². The second-order valence-corrected chi connectivity index (χ2v) is 16.9. The summed E-state index contributed by atoms with van der Waals surface area (Å²) in [6.45, 7) is 10.2. The third-order valence-electron chi connectivity index (χ3n) is 12.2. The average Bonchev–Trinajstić information content (AvgIpc) is 3.11. The lowest BCUT2D eigenvalue weighted by Crippen LogP contribution is -2.52. The number of amides is 2. The number of nitrogens with zero attached hydrogens (tertiary/aromatic N) is 1. The molecule has 51 heavy (non-hydrogen) atoms. The van der Waals surface area contributed by atoms with Crippen LogP contribution < -0.4 is 16.0 Å². The zero-order chi connectivity index (χ0) is 36.5. The van der Waals surface area contributed by atoms with Gasteiger partial charge in [-0.05, 0) is 103 Å². The Labute approximate surface area is 307 Å². The summed E-state index contributed by atoms with van der Waals surface area (Å²) in [6, 6.07) is 11.2. The average molecular weight is 703 g/mol. The Hall–Kier alpha value is -3.10. The van der Waals surface area contributed by atoms with Crippen molar-refractivity contribution in [1.29, 1.82) is 0 Å². The number of hydrogen-bond donors (Lipinski definition) is 5. The molecular formula is C43H66N4O4. The quantitative estimate of drug-likeness (QED) is 0.177. The van der Waals surface area contributed by atoms with Crippen LogP contribution in [0.4, 0.5) is 0 Å². The number of hydrogen-bond acceptors (Lipinski definition) is 6. The lowest BCUT2D eigenvalue weighted by Gasteiger charge is -2.36. The topological polar surface area (TPSA) is 114 Å². The molecule has 2 aromatic rings. The van der Waals surface area contributed by atoms with Gasteiger partial charge in [0.05, 0.1) is 12.1 Å². The van der Waals surface area contributed by atoms with Crippen LogP contribution in [0.15, 0.2) is 36.4 Å². The Morgan fingerprint density at radius 1 is 0.706 bits per heavy atom. The number of aromatic hydroxyl groups is 2. The molecule has 0 spiro atoms. The van der Waals surface area contributed by atoms with E-state index in [0.717, 1.165) is 41.4 Å². The van der Waals surface area contributed by atoms with Gasteiger partial charge in [0.25, 0.3) is 0 Å². The predicted molar refractivity (Wildman–Crippen MR) is 205 cm³/mol. The Morgan fingerprint density at radius 3 is 1.73 bits per heavy atom. The number of phenols is 2. The molecular weight excluding hydrogens is 636 g/mol. The predicted octanol–water partition coefficient (Wildman–Crippen LogP) is 7.38. The maximum absolute atomic E-state index is 13.0. The van der Waals surface area contributed by atoms with Gasteiger partial charge >= 0.3 is 0 Å². The molecule has 8 heteroatoms. The summed E-state index contributed by atoms with van der Waals surface area (Å²) in [4.78, 5) is 28.0. The van der Waals surface area contributed by atoms with Gasteiger partial charge in [-0.25, -0.2) is 0 Å². The maximum Gasteiger partial charge on any atom is 0.237 e. The van der Waals surface area contributed by atoms with Gasteiger partial charge in [-0.15, -0.1) is 0 Å². The van der Waals surface area contributed by atoms with E-state index in [-0.39, 0.29) is 41.7 Å². The van der Waals surface area contributed by atoms with E-state index in [1.54, 1.807) is 18.2 Å². The van der Waals surface area contributed by atoms with Crippen LogP contribution in [0.5, 0.6) is 11.5 Å². The molecule has 2 saturated carbocycles. The summed E-state index contributed by atoms with van der Waals surface area (Å²) in [7, 11) is 2.00. The number of likely N-dealkylation sites (N-methyl/N-ethyl adjacent to an activating group) is 1. The minimum absolute atomic E-state index is 0.119. The van der Waals surface area contributed by atoms with Crippen molar-refractivity contribution >= 4 is 11.8 Å². The zero-order valence-electron chi connectivity index (χ0n) is 32.1. The molecule has 0 bridgehead atoms. The Kier molecular flexibility index (Phi) is 14.3. The lowest BCUT2D eigenvalue weighted by molar-refractivity contribution is -0.127. The van der Waals surface area contributed by atoms with Crippen LogP contribution >= 0.6 is 0 Å². The first-order valence-corrected chi connectivity index (χ1v) is 20.1. The Balaban J connectivity index is 0.000000198. The van der Waals surface area contributed by atoms with Crippen molar-refractivity contribution in [2.75, 3.05) is 7.05 Å². The summed E-state index contributed by atoms with van der Waals surface area (Å²) >= 11 is 0. The number of benzene rings is 2. The SMILES string of the molecule is CC(C)[C@@H](CC1CCCCC1)NC(=O)[C@H]1Cc2ccc(O)cc2CN1.CC(C)[C@@H](CC1CCCCC1)NC(=O)[C@H]1Cc2ccc(O)cc2CN1C. The number of fused-ring (bicyclic) bond motifs is 2. The maximum atomic E-state index is 13.0. The molecule has 0 aromatic heterocycles. The summed E-state index contributed by atoms with van der Waals surface area (Å²) in [6.07, 6.45) is 17.0. The Bertz CT molecular complexity index is 1430.